The van der Waals surface area contributed by atoms with Gasteiger partial charge >= 0.3 is 0 Å². The Balaban J connectivity index is 1.81. The first-order chi connectivity index (χ1) is 14.6. The minimum atomic E-state index is -1.16. The van der Waals surface area contributed by atoms with E-state index in [9.17, 15) is 5.11 Å². The van der Waals surface area contributed by atoms with Gasteiger partial charge < -0.3 is 14.6 Å². The van der Waals surface area contributed by atoms with E-state index in [1.54, 1.807) is 6.20 Å². The second kappa shape index (κ2) is 7.88. The number of rotatable bonds is 6. The summed E-state index contributed by atoms with van der Waals surface area (Å²) in [5.74, 6) is 1.61. The summed E-state index contributed by atoms with van der Waals surface area (Å²) in [4.78, 5) is 2.24. The van der Waals surface area contributed by atoms with Gasteiger partial charge in [-0.3, -0.25) is 0 Å². The van der Waals surface area contributed by atoms with Gasteiger partial charge in [-0.1, -0.05) is 58.9 Å². The first kappa shape index (κ1) is 21.7. The van der Waals surface area contributed by atoms with E-state index in [1.165, 1.54) is 11.1 Å². The molecule has 0 bridgehead atoms. The van der Waals surface area contributed by atoms with Gasteiger partial charge in [-0.05, 0) is 47.7 Å². The average molecular weight is 419 g/mol. The first-order valence-electron chi connectivity index (χ1n) is 11.2. The third-order valence-electron chi connectivity index (χ3n) is 6.81. The van der Waals surface area contributed by atoms with Crippen LogP contribution in [0.25, 0.3) is 5.82 Å². The topological polar surface area (TPSA) is 54.2 Å². The van der Waals surface area contributed by atoms with Crippen LogP contribution in [-0.2, 0) is 5.60 Å². The molecule has 0 amide bonds. The Morgan fingerprint density at radius 3 is 2.16 bits per heavy atom. The minimum absolute atomic E-state index is 0.318. The Bertz CT molecular complexity index is 1050. The van der Waals surface area contributed by atoms with E-state index < -0.39 is 5.60 Å². The van der Waals surface area contributed by atoms with Gasteiger partial charge in [0.15, 0.2) is 5.82 Å². The summed E-state index contributed by atoms with van der Waals surface area (Å²) in [7, 11) is 2.09. The highest BCUT2D eigenvalue weighted by molar-refractivity contribution is 5.43. The second-order valence-corrected chi connectivity index (χ2v) is 10.0. The van der Waals surface area contributed by atoms with Crippen LogP contribution in [-0.4, -0.2) is 44.9 Å². The van der Waals surface area contributed by atoms with Gasteiger partial charge in [0.05, 0.1) is 6.20 Å². The zero-order valence-electron chi connectivity index (χ0n) is 19.5. The van der Waals surface area contributed by atoms with E-state index in [1.807, 2.05) is 16.8 Å². The van der Waals surface area contributed by atoms with Crippen LogP contribution in [0.2, 0.25) is 0 Å². The molecule has 4 rings (SSSR count). The fourth-order valence-corrected chi connectivity index (χ4v) is 4.92. The maximum atomic E-state index is 12.3. The number of likely N-dealkylation sites (tertiary alicyclic amines) is 1. The highest BCUT2D eigenvalue weighted by Gasteiger charge is 2.55. The molecule has 5 heteroatoms. The van der Waals surface area contributed by atoms with Crippen molar-refractivity contribution in [3.8, 4) is 5.82 Å². The van der Waals surface area contributed by atoms with E-state index in [4.69, 9.17) is 0 Å². The zero-order chi connectivity index (χ0) is 22.4. The quantitative estimate of drug-likeness (QED) is 0.630. The van der Waals surface area contributed by atoms with E-state index in [0.717, 1.165) is 30.0 Å². The summed E-state index contributed by atoms with van der Waals surface area (Å²) in [6.07, 6.45) is 5.82. The van der Waals surface area contributed by atoms with Crippen molar-refractivity contribution in [3.05, 3.63) is 77.2 Å². The predicted octanol–water partition coefficient (Wildman–Crippen LogP) is 4.70. The molecule has 3 aromatic rings. The Kier molecular flexibility index (Phi) is 5.52. The highest BCUT2D eigenvalue weighted by atomic mass is 16.3. The van der Waals surface area contributed by atoms with Crippen LogP contribution >= 0.6 is 0 Å². The van der Waals surface area contributed by atoms with Crippen molar-refractivity contribution in [3.63, 3.8) is 0 Å². The molecule has 164 valence electrons. The van der Waals surface area contributed by atoms with E-state index in [0.29, 0.717) is 11.8 Å². The van der Waals surface area contributed by atoms with Crippen LogP contribution in [0, 0.1) is 5.41 Å². The molecule has 0 spiro atoms. The monoisotopic (exact) mass is 418 g/mol. The van der Waals surface area contributed by atoms with Crippen LogP contribution < -0.4 is 0 Å². The van der Waals surface area contributed by atoms with Gasteiger partial charge in [-0.15, -0.1) is 5.10 Å². The summed E-state index contributed by atoms with van der Waals surface area (Å²) in [5, 5.41) is 21.0. The maximum Gasteiger partial charge on any atom is 0.159 e. The summed E-state index contributed by atoms with van der Waals surface area (Å²) >= 11 is 0. The van der Waals surface area contributed by atoms with Gasteiger partial charge in [0.1, 0.15) is 5.60 Å². The molecule has 0 aliphatic carbocycles. The highest BCUT2D eigenvalue weighted by Crippen LogP contribution is 2.50. The smallest absolute Gasteiger partial charge is 0.159 e. The molecule has 3 heterocycles. The molecule has 1 saturated heterocycles. The second-order valence-electron chi connectivity index (χ2n) is 10.0. The molecule has 0 radical (unpaired) electrons. The Morgan fingerprint density at radius 1 is 0.968 bits per heavy atom. The normalized spacial score (nSPS) is 18.2. The molecule has 1 fully saturated rings. The van der Waals surface area contributed by atoms with Crippen LogP contribution in [0.1, 0.15) is 68.7 Å². The largest absolute Gasteiger partial charge is 0.380 e. The van der Waals surface area contributed by atoms with Crippen LogP contribution in [0.15, 0.2) is 55.0 Å². The van der Waals surface area contributed by atoms with Crippen LogP contribution in [0.3, 0.4) is 0 Å². The third-order valence-corrected chi connectivity index (χ3v) is 6.81. The third kappa shape index (κ3) is 3.70. The minimum Gasteiger partial charge on any atom is -0.380 e. The lowest BCUT2D eigenvalue weighted by Crippen LogP contribution is -2.63. The first-order valence-corrected chi connectivity index (χ1v) is 11.2. The van der Waals surface area contributed by atoms with Gasteiger partial charge in [-0.25, -0.2) is 0 Å². The summed E-state index contributed by atoms with van der Waals surface area (Å²) in [5.41, 5.74) is 2.73. The predicted molar refractivity (Wildman–Crippen MR) is 125 cm³/mol. The van der Waals surface area contributed by atoms with Crippen molar-refractivity contribution < 1.29 is 5.11 Å². The maximum absolute atomic E-state index is 12.3. The van der Waals surface area contributed by atoms with Crippen molar-refractivity contribution in [1.29, 1.82) is 0 Å². The lowest BCUT2D eigenvalue weighted by Gasteiger charge is -2.55. The number of hydrogen-bond donors (Lipinski definition) is 1. The number of nitrogens with zero attached hydrogens (tertiary/aromatic N) is 4. The molecule has 1 aliphatic rings. The molecule has 1 aliphatic heterocycles. The molecule has 1 N–H and O–H groups in total. The molecule has 2 aromatic heterocycles. The van der Waals surface area contributed by atoms with Gasteiger partial charge in [0.25, 0.3) is 0 Å². The van der Waals surface area contributed by atoms with Crippen molar-refractivity contribution in [1.82, 2.24) is 19.7 Å². The van der Waals surface area contributed by atoms with Crippen molar-refractivity contribution >= 4 is 0 Å². The Labute approximate surface area is 185 Å². The Morgan fingerprint density at radius 2 is 1.61 bits per heavy atom. The lowest BCUT2D eigenvalue weighted by molar-refractivity contribution is -0.127. The number of aromatic nitrogens is 3. The molecule has 0 unspecified atom stereocenters. The molecule has 1 atom stereocenters. The molecule has 0 saturated carbocycles. The van der Waals surface area contributed by atoms with E-state index >= 15 is 0 Å². The van der Waals surface area contributed by atoms with Crippen molar-refractivity contribution in [2.24, 2.45) is 5.41 Å². The Hall–Kier alpha value is -2.50. The van der Waals surface area contributed by atoms with Gasteiger partial charge in [0.2, 0.25) is 0 Å². The fourth-order valence-electron chi connectivity index (χ4n) is 4.92. The standard InChI is InChI=1S/C26H34N4O/c1-18(2)20-7-9-22(10-8-20)26(31,25(5)16-29(6)17-25)23-13-24(28-27-14-23)30-12-11-21(15-30)19(3)4/h7-15,18-19,31H,16-17H2,1-6H3/t26-/m0/s1. The molecular formula is C26H34N4O. The lowest BCUT2D eigenvalue weighted by atomic mass is 9.62. The number of aliphatic hydroxyl groups is 1. The van der Waals surface area contributed by atoms with Crippen molar-refractivity contribution in [2.45, 2.75) is 52.1 Å². The van der Waals surface area contributed by atoms with E-state index in [-0.39, 0.29) is 5.41 Å². The number of hydrogen-bond acceptors (Lipinski definition) is 4. The molecular weight excluding hydrogens is 384 g/mol. The van der Waals surface area contributed by atoms with Gasteiger partial charge in [0, 0.05) is 36.5 Å². The van der Waals surface area contributed by atoms with Crippen LogP contribution in [0.4, 0.5) is 0 Å². The van der Waals surface area contributed by atoms with Crippen molar-refractivity contribution in [2.75, 3.05) is 20.1 Å². The van der Waals surface area contributed by atoms with Crippen LogP contribution in [0.5, 0.6) is 0 Å². The SMILES string of the molecule is CC(C)c1ccc([C@](O)(c2cnnc(-n3ccc(C(C)C)c3)c2)C2(C)CN(C)C2)cc1. The average Bonchev–Trinajstić information content (AvgIpc) is 3.23. The molecule has 31 heavy (non-hydrogen) atoms. The van der Waals surface area contributed by atoms with E-state index in [2.05, 4.69) is 93.3 Å². The molecule has 5 nitrogen and oxygen atoms in total. The zero-order valence-corrected chi connectivity index (χ0v) is 19.5. The summed E-state index contributed by atoms with van der Waals surface area (Å²) in [6, 6.07) is 12.5. The summed E-state index contributed by atoms with van der Waals surface area (Å²) < 4.78 is 1.99. The fraction of sp³-hybridized carbons (Fsp3) is 0.462. The number of benzene rings is 1. The summed E-state index contributed by atoms with van der Waals surface area (Å²) in [6.45, 7) is 12.5. The molecule has 1 aromatic carbocycles. The van der Waals surface area contributed by atoms with Gasteiger partial charge in [-0.2, -0.15) is 5.10 Å².